The normalized spacial score (nSPS) is 17.8. The van der Waals surface area contributed by atoms with Crippen LogP contribution in [-0.4, -0.2) is 25.8 Å². The second-order valence-electron chi connectivity index (χ2n) is 5.30. The van der Waals surface area contributed by atoms with Crippen LogP contribution in [0.4, 0.5) is 0 Å². The van der Waals surface area contributed by atoms with Crippen LogP contribution in [0.2, 0.25) is 0 Å². The number of aryl methyl sites for hydroxylation is 2. The molecular weight excluding hydrogens is 254 g/mol. The Bertz CT molecular complexity index is 648. The summed E-state index contributed by atoms with van der Waals surface area (Å²) in [6, 6.07) is 8.18. The Balaban J connectivity index is 1.81. The second kappa shape index (κ2) is 5.07. The van der Waals surface area contributed by atoms with Crippen LogP contribution in [-0.2, 0) is 24.2 Å². The summed E-state index contributed by atoms with van der Waals surface area (Å²) in [5.74, 6) is 0.519. The summed E-state index contributed by atoms with van der Waals surface area (Å²) in [6.07, 6.45) is 1.82. The van der Waals surface area contributed by atoms with Crippen molar-refractivity contribution in [2.24, 2.45) is 5.92 Å². The van der Waals surface area contributed by atoms with Crippen LogP contribution >= 0.6 is 0 Å². The lowest BCUT2D eigenvalue weighted by atomic mass is 9.98. The van der Waals surface area contributed by atoms with Crippen LogP contribution in [0, 0.1) is 12.8 Å². The maximum atomic E-state index is 11.0. The van der Waals surface area contributed by atoms with Gasteiger partial charge in [0.05, 0.1) is 5.92 Å². The van der Waals surface area contributed by atoms with Gasteiger partial charge in [0.25, 0.3) is 0 Å². The van der Waals surface area contributed by atoms with Crippen molar-refractivity contribution in [2.75, 3.05) is 0 Å². The molecule has 1 unspecified atom stereocenters. The molecule has 0 bridgehead atoms. The van der Waals surface area contributed by atoms with E-state index >= 15 is 0 Å². The number of benzene rings is 1. The Morgan fingerprint density at radius 3 is 3.00 bits per heavy atom. The van der Waals surface area contributed by atoms with Crippen LogP contribution in [0.3, 0.4) is 0 Å². The van der Waals surface area contributed by atoms with Gasteiger partial charge in [0, 0.05) is 19.4 Å². The van der Waals surface area contributed by atoms with Gasteiger partial charge < -0.3 is 5.11 Å². The van der Waals surface area contributed by atoms with Crippen molar-refractivity contribution < 1.29 is 9.90 Å². The molecular formula is C15H17N3O2. The summed E-state index contributed by atoms with van der Waals surface area (Å²) in [6.45, 7) is 2.72. The predicted octanol–water partition coefficient (Wildman–Crippen LogP) is 1.82. The Morgan fingerprint density at radius 1 is 1.45 bits per heavy atom. The number of nitrogens with zero attached hydrogens (tertiary/aromatic N) is 3. The van der Waals surface area contributed by atoms with Gasteiger partial charge in [-0.2, -0.15) is 5.10 Å². The molecule has 1 aliphatic rings. The van der Waals surface area contributed by atoms with Crippen LogP contribution in [0.1, 0.15) is 29.2 Å². The van der Waals surface area contributed by atoms with Gasteiger partial charge in [-0.1, -0.05) is 24.3 Å². The van der Waals surface area contributed by atoms with E-state index in [0.29, 0.717) is 25.8 Å². The molecule has 20 heavy (non-hydrogen) atoms. The van der Waals surface area contributed by atoms with Crippen LogP contribution < -0.4 is 0 Å². The first-order valence-corrected chi connectivity index (χ1v) is 6.83. The SMILES string of the molecule is Cc1ccccc1Cc1nc2n(n1)CCC(C(=O)O)C2. The highest BCUT2D eigenvalue weighted by Gasteiger charge is 2.26. The topological polar surface area (TPSA) is 68.0 Å². The van der Waals surface area contributed by atoms with E-state index in [1.807, 2.05) is 16.8 Å². The molecule has 2 aromatic rings. The minimum Gasteiger partial charge on any atom is -0.481 e. The highest BCUT2D eigenvalue weighted by molar-refractivity contribution is 5.70. The lowest BCUT2D eigenvalue weighted by Crippen LogP contribution is -2.26. The zero-order chi connectivity index (χ0) is 14.1. The molecule has 0 saturated heterocycles. The number of hydrogen-bond acceptors (Lipinski definition) is 3. The number of carboxylic acid groups (broad SMARTS) is 1. The summed E-state index contributed by atoms with van der Waals surface area (Å²) in [5.41, 5.74) is 2.44. The first-order valence-electron chi connectivity index (χ1n) is 6.83. The van der Waals surface area contributed by atoms with E-state index in [0.717, 1.165) is 11.6 Å². The number of aliphatic carboxylic acids is 1. The summed E-state index contributed by atoms with van der Waals surface area (Å²) >= 11 is 0. The summed E-state index contributed by atoms with van der Waals surface area (Å²) in [5, 5.41) is 13.6. The van der Waals surface area contributed by atoms with E-state index in [4.69, 9.17) is 5.11 Å². The standard InChI is InChI=1S/C15H17N3O2/c1-10-4-2-3-5-11(10)8-13-16-14-9-12(15(19)20)6-7-18(14)17-13/h2-5,12H,6-9H2,1H3,(H,19,20). The molecule has 0 amide bonds. The van der Waals surface area contributed by atoms with E-state index < -0.39 is 5.97 Å². The van der Waals surface area contributed by atoms with Crippen molar-refractivity contribution in [1.82, 2.24) is 14.8 Å². The molecule has 104 valence electrons. The molecule has 1 aromatic carbocycles. The maximum absolute atomic E-state index is 11.0. The van der Waals surface area contributed by atoms with Crippen molar-refractivity contribution in [3.8, 4) is 0 Å². The van der Waals surface area contributed by atoms with Crippen LogP contribution in [0.5, 0.6) is 0 Å². The molecule has 1 aliphatic heterocycles. The Morgan fingerprint density at radius 2 is 2.25 bits per heavy atom. The lowest BCUT2D eigenvalue weighted by molar-refractivity contribution is -0.142. The van der Waals surface area contributed by atoms with E-state index in [2.05, 4.69) is 29.1 Å². The van der Waals surface area contributed by atoms with Crippen molar-refractivity contribution in [3.05, 3.63) is 47.0 Å². The van der Waals surface area contributed by atoms with Crippen LogP contribution in [0.25, 0.3) is 0 Å². The zero-order valence-corrected chi connectivity index (χ0v) is 11.4. The molecule has 0 radical (unpaired) electrons. The number of aromatic nitrogens is 3. The van der Waals surface area contributed by atoms with Gasteiger partial charge in [-0.05, 0) is 24.5 Å². The number of hydrogen-bond donors (Lipinski definition) is 1. The highest BCUT2D eigenvalue weighted by atomic mass is 16.4. The molecule has 1 atom stereocenters. The largest absolute Gasteiger partial charge is 0.481 e. The average molecular weight is 271 g/mol. The highest BCUT2D eigenvalue weighted by Crippen LogP contribution is 2.20. The Hall–Kier alpha value is -2.17. The first kappa shape index (κ1) is 12.8. The molecule has 0 fully saturated rings. The molecule has 5 heteroatoms. The summed E-state index contributed by atoms with van der Waals surface area (Å²) in [4.78, 5) is 15.6. The van der Waals surface area contributed by atoms with Gasteiger partial charge in [0.2, 0.25) is 0 Å². The molecule has 3 rings (SSSR count). The van der Waals surface area contributed by atoms with Gasteiger partial charge in [-0.25, -0.2) is 9.67 Å². The van der Waals surface area contributed by atoms with Crippen molar-refractivity contribution >= 4 is 5.97 Å². The quantitative estimate of drug-likeness (QED) is 0.924. The smallest absolute Gasteiger partial charge is 0.307 e. The molecule has 5 nitrogen and oxygen atoms in total. The monoisotopic (exact) mass is 271 g/mol. The van der Waals surface area contributed by atoms with Crippen LogP contribution in [0.15, 0.2) is 24.3 Å². The molecule has 0 aliphatic carbocycles. The number of rotatable bonds is 3. The van der Waals surface area contributed by atoms with Gasteiger partial charge >= 0.3 is 5.97 Å². The average Bonchev–Trinajstić information content (AvgIpc) is 2.82. The van der Waals surface area contributed by atoms with E-state index in [1.165, 1.54) is 11.1 Å². The predicted molar refractivity (Wildman–Crippen MR) is 73.5 cm³/mol. The Labute approximate surface area is 117 Å². The molecule has 1 aromatic heterocycles. The fraction of sp³-hybridized carbons (Fsp3) is 0.400. The summed E-state index contributed by atoms with van der Waals surface area (Å²) in [7, 11) is 0. The van der Waals surface area contributed by atoms with E-state index in [9.17, 15) is 4.79 Å². The second-order valence-corrected chi connectivity index (χ2v) is 5.30. The third-order valence-corrected chi connectivity index (χ3v) is 3.87. The molecule has 0 spiro atoms. The first-order chi connectivity index (χ1) is 9.63. The van der Waals surface area contributed by atoms with Gasteiger partial charge in [0.15, 0.2) is 5.82 Å². The van der Waals surface area contributed by atoms with Crippen molar-refractivity contribution in [1.29, 1.82) is 0 Å². The summed E-state index contributed by atoms with van der Waals surface area (Å²) < 4.78 is 1.85. The van der Waals surface area contributed by atoms with Gasteiger partial charge in [0.1, 0.15) is 5.82 Å². The fourth-order valence-electron chi connectivity index (χ4n) is 2.62. The minimum atomic E-state index is -0.736. The maximum Gasteiger partial charge on any atom is 0.307 e. The third kappa shape index (κ3) is 2.43. The van der Waals surface area contributed by atoms with Crippen molar-refractivity contribution in [2.45, 2.75) is 32.7 Å². The number of fused-ring (bicyclic) bond motifs is 1. The van der Waals surface area contributed by atoms with Gasteiger partial charge in [-0.15, -0.1) is 0 Å². The molecule has 2 heterocycles. The van der Waals surface area contributed by atoms with E-state index in [1.54, 1.807) is 0 Å². The van der Waals surface area contributed by atoms with Crippen molar-refractivity contribution in [3.63, 3.8) is 0 Å². The van der Waals surface area contributed by atoms with Gasteiger partial charge in [-0.3, -0.25) is 4.79 Å². The third-order valence-electron chi connectivity index (χ3n) is 3.87. The molecule has 0 saturated carbocycles. The number of carbonyl (C=O) groups is 1. The lowest BCUT2D eigenvalue weighted by Gasteiger charge is -2.17. The number of carboxylic acids is 1. The minimum absolute atomic E-state index is 0.321. The zero-order valence-electron chi connectivity index (χ0n) is 11.4. The molecule has 1 N–H and O–H groups in total. The van der Waals surface area contributed by atoms with E-state index in [-0.39, 0.29) is 5.92 Å². The fourth-order valence-corrected chi connectivity index (χ4v) is 2.62. The Kier molecular flexibility index (Phi) is 3.26.